The fourth-order valence-corrected chi connectivity index (χ4v) is 2.74. The molecule has 2 aromatic rings. The van der Waals surface area contributed by atoms with Gasteiger partial charge in [-0.05, 0) is 42.0 Å². The van der Waals surface area contributed by atoms with Crippen LogP contribution in [0.1, 0.15) is 11.6 Å². The van der Waals surface area contributed by atoms with Gasteiger partial charge in [-0.15, -0.1) is 0 Å². The lowest BCUT2D eigenvalue weighted by Gasteiger charge is -2.44. The Kier molecular flexibility index (Phi) is 4.66. The van der Waals surface area contributed by atoms with Gasteiger partial charge in [0.05, 0.1) is 19.7 Å². The number of ether oxygens (including phenoxy) is 2. The summed E-state index contributed by atoms with van der Waals surface area (Å²) in [6.45, 7) is 0.598. The maximum absolute atomic E-state index is 12.8. The highest BCUT2D eigenvalue weighted by Crippen LogP contribution is 2.35. The van der Waals surface area contributed by atoms with Crippen LogP contribution in [-0.4, -0.2) is 42.3 Å². The summed E-state index contributed by atoms with van der Waals surface area (Å²) >= 11 is 0. The van der Waals surface area contributed by atoms with Gasteiger partial charge >= 0.3 is 0 Å². The minimum atomic E-state index is -1.04. The van der Waals surface area contributed by atoms with Gasteiger partial charge in [0.1, 0.15) is 23.9 Å². The molecule has 3 rings (SSSR count). The van der Waals surface area contributed by atoms with Gasteiger partial charge in [-0.25, -0.2) is 4.39 Å². The van der Waals surface area contributed by atoms with E-state index in [1.54, 1.807) is 24.1 Å². The van der Waals surface area contributed by atoms with Gasteiger partial charge in [0.2, 0.25) is 0 Å². The van der Waals surface area contributed by atoms with Crippen molar-refractivity contribution in [2.45, 2.75) is 12.1 Å². The van der Waals surface area contributed by atoms with Crippen LogP contribution in [0.15, 0.2) is 48.5 Å². The van der Waals surface area contributed by atoms with Crippen molar-refractivity contribution >= 4 is 5.91 Å². The maximum atomic E-state index is 12.8. The Bertz CT molecular complexity index is 702. The molecule has 2 atom stereocenters. The summed E-state index contributed by atoms with van der Waals surface area (Å²) in [4.78, 5) is 13.5. The number of amides is 1. The van der Waals surface area contributed by atoms with E-state index in [-0.39, 0.29) is 24.4 Å². The van der Waals surface area contributed by atoms with E-state index in [1.165, 1.54) is 24.3 Å². The maximum Gasteiger partial charge on any atom is 0.254 e. The summed E-state index contributed by atoms with van der Waals surface area (Å²) in [6, 6.07) is 12.5. The molecule has 126 valence electrons. The molecule has 0 aromatic heterocycles. The van der Waals surface area contributed by atoms with Crippen LogP contribution in [0, 0.1) is 5.82 Å². The molecule has 5 nitrogen and oxygen atoms in total. The number of methoxy groups -OCH3 is 1. The molecule has 1 N–H and O–H groups in total. The summed E-state index contributed by atoms with van der Waals surface area (Å²) in [5.74, 6) is 0.595. The number of rotatable bonds is 6. The predicted octanol–water partition coefficient (Wildman–Crippen LogP) is 2.16. The zero-order chi connectivity index (χ0) is 17.1. The van der Waals surface area contributed by atoms with Gasteiger partial charge < -0.3 is 19.5 Å². The van der Waals surface area contributed by atoms with Crippen LogP contribution < -0.4 is 9.47 Å². The molecule has 2 unspecified atom stereocenters. The van der Waals surface area contributed by atoms with Gasteiger partial charge in [0, 0.05) is 0 Å². The fraction of sp³-hybridized carbons (Fsp3) is 0.278. The van der Waals surface area contributed by atoms with E-state index in [0.29, 0.717) is 18.0 Å². The zero-order valence-corrected chi connectivity index (χ0v) is 13.2. The first kappa shape index (κ1) is 16.3. The molecule has 0 radical (unpaired) electrons. The Morgan fingerprint density at radius 3 is 2.33 bits per heavy atom. The molecule has 0 spiro atoms. The summed E-state index contributed by atoms with van der Waals surface area (Å²) in [6.07, 6.45) is -1.04. The average Bonchev–Trinajstić information content (AvgIpc) is 2.62. The third-order valence-corrected chi connectivity index (χ3v) is 4.04. The molecule has 0 bridgehead atoms. The van der Waals surface area contributed by atoms with Gasteiger partial charge in [-0.1, -0.05) is 12.1 Å². The molecule has 24 heavy (non-hydrogen) atoms. The first-order chi connectivity index (χ1) is 11.6. The molecular formula is C18H18FNO4. The number of β-lactam (4-membered cyclic amide) rings is 1. The highest BCUT2D eigenvalue weighted by Gasteiger charge is 2.46. The summed E-state index contributed by atoms with van der Waals surface area (Å²) in [5, 5.41) is 9.97. The van der Waals surface area contributed by atoms with Crippen molar-refractivity contribution in [3.63, 3.8) is 0 Å². The van der Waals surface area contributed by atoms with Gasteiger partial charge in [0.25, 0.3) is 5.91 Å². The molecule has 1 saturated heterocycles. The second-order valence-corrected chi connectivity index (χ2v) is 5.50. The summed E-state index contributed by atoms with van der Waals surface area (Å²) in [7, 11) is 1.58. The Morgan fingerprint density at radius 1 is 1.08 bits per heavy atom. The van der Waals surface area contributed by atoms with Crippen LogP contribution in [0.2, 0.25) is 0 Å². The quantitative estimate of drug-likeness (QED) is 0.824. The molecule has 1 fully saturated rings. The molecular weight excluding hydrogens is 313 g/mol. The van der Waals surface area contributed by atoms with Crippen LogP contribution in [0.5, 0.6) is 11.5 Å². The molecule has 0 saturated carbocycles. The number of benzene rings is 2. The van der Waals surface area contributed by atoms with Crippen molar-refractivity contribution in [1.29, 1.82) is 0 Å². The van der Waals surface area contributed by atoms with Crippen LogP contribution in [0.3, 0.4) is 0 Å². The Morgan fingerprint density at radius 2 is 1.71 bits per heavy atom. The number of halogens is 1. The standard InChI is InChI=1S/C18H18FNO4/c1-23-14-6-2-12(3-7-14)16-17(21)18(22)20(16)10-11-24-15-8-4-13(19)5-9-15/h2-9,16-17,21H,10-11H2,1H3. The number of likely N-dealkylation sites (tertiary alicyclic amines) is 1. The normalized spacial score (nSPS) is 19.8. The lowest BCUT2D eigenvalue weighted by atomic mass is 9.91. The Labute approximate surface area is 139 Å². The monoisotopic (exact) mass is 331 g/mol. The second-order valence-electron chi connectivity index (χ2n) is 5.50. The van der Waals surface area contributed by atoms with E-state index in [4.69, 9.17) is 9.47 Å². The number of hydrogen-bond acceptors (Lipinski definition) is 4. The Hall–Kier alpha value is -2.60. The number of nitrogens with zero attached hydrogens (tertiary/aromatic N) is 1. The lowest BCUT2D eigenvalue weighted by Crippen LogP contribution is -2.59. The van der Waals surface area contributed by atoms with E-state index >= 15 is 0 Å². The summed E-state index contributed by atoms with van der Waals surface area (Å²) in [5.41, 5.74) is 0.838. The van der Waals surface area contributed by atoms with Crippen molar-refractivity contribution in [1.82, 2.24) is 4.90 Å². The van der Waals surface area contributed by atoms with Crippen molar-refractivity contribution in [2.75, 3.05) is 20.3 Å². The van der Waals surface area contributed by atoms with Gasteiger partial charge in [-0.3, -0.25) is 4.79 Å². The molecule has 2 aromatic carbocycles. The van der Waals surface area contributed by atoms with Crippen molar-refractivity contribution < 1.29 is 23.8 Å². The first-order valence-electron chi connectivity index (χ1n) is 7.61. The molecule has 1 heterocycles. The fourth-order valence-electron chi connectivity index (χ4n) is 2.74. The van der Waals surface area contributed by atoms with Gasteiger partial charge in [-0.2, -0.15) is 0 Å². The zero-order valence-electron chi connectivity index (χ0n) is 13.2. The third-order valence-electron chi connectivity index (χ3n) is 4.04. The van der Waals surface area contributed by atoms with Crippen LogP contribution in [-0.2, 0) is 4.79 Å². The molecule has 0 aliphatic carbocycles. The molecule has 1 aliphatic rings. The van der Waals surface area contributed by atoms with Gasteiger partial charge in [0.15, 0.2) is 6.10 Å². The van der Waals surface area contributed by atoms with E-state index in [9.17, 15) is 14.3 Å². The number of carbonyl (C=O) groups is 1. The van der Waals surface area contributed by atoms with E-state index in [0.717, 1.165) is 5.56 Å². The summed E-state index contributed by atoms with van der Waals surface area (Å²) < 4.78 is 23.5. The van der Waals surface area contributed by atoms with Crippen molar-refractivity contribution in [3.05, 3.63) is 59.9 Å². The Balaban J connectivity index is 1.60. The van der Waals surface area contributed by atoms with Crippen LogP contribution in [0.4, 0.5) is 4.39 Å². The molecule has 1 amide bonds. The second kappa shape index (κ2) is 6.88. The van der Waals surface area contributed by atoms with E-state index in [2.05, 4.69) is 0 Å². The SMILES string of the molecule is COc1ccc(C2C(O)C(=O)N2CCOc2ccc(F)cc2)cc1. The number of aliphatic hydroxyl groups excluding tert-OH is 1. The van der Waals surface area contributed by atoms with E-state index < -0.39 is 6.10 Å². The highest BCUT2D eigenvalue weighted by molar-refractivity contribution is 5.88. The number of hydrogen-bond donors (Lipinski definition) is 1. The highest BCUT2D eigenvalue weighted by atomic mass is 19.1. The van der Waals surface area contributed by atoms with E-state index in [1.807, 2.05) is 12.1 Å². The molecule has 1 aliphatic heterocycles. The predicted molar refractivity (Wildman–Crippen MR) is 85.3 cm³/mol. The topological polar surface area (TPSA) is 59.0 Å². The smallest absolute Gasteiger partial charge is 0.254 e. The first-order valence-corrected chi connectivity index (χ1v) is 7.61. The van der Waals surface area contributed by atoms with Crippen molar-refractivity contribution in [2.24, 2.45) is 0 Å². The van der Waals surface area contributed by atoms with Crippen molar-refractivity contribution in [3.8, 4) is 11.5 Å². The average molecular weight is 331 g/mol. The number of aliphatic hydroxyl groups is 1. The molecule has 6 heteroatoms. The minimum Gasteiger partial charge on any atom is -0.497 e. The number of carbonyl (C=O) groups excluding carboxylic acids is 1. The largest absolute Gasteiger partial charge is 0.497 e. The lowest BCUT2D eigenvalue weighted by molar-refractivity contribution is -0.167. The third kappa shape index (κ3) is 3.19. The van der Waals surface area contributed by atoms with Crippen LogP contribution in [0.25, 0.3) is 0 Å². The van der Waals surface area contributed by atoms with Crippen LogP contribution >= 0.6 is 0 Å². The minimum absolute atomic E-state index is 0.261.